The van der Waals surface area contributed by atoms with Crippen LogP contribution in [0.5, 0.6) is 0 Å². The molecule has 1 N–H and O–H groups in total. The normalized spacial score (nSPS) is 10.8. The minimum Gasteiger partial charge on any atom is -0.359 e. The molecule has 0 atom stereocenters. The quantitative estimate of drug-likeness (QED) is 0.914. The van der Waals surface area contributed by atoms with Gasteiger partial charge in [0.25, 0.3) is 0 Å². The first kappa shape index (κ1) is 12.3. The summed E-state index contributed by atoms with van der Waals surface area (Å²) in [6.45, 7) is 0.611. The van der Waals surface area contributed by atoms with Gasteiger partial charge < -0.3 is 9.88 Å². The third kappa shape index (κ3) is 2.56. The van der Waals surface area contributed by atoms with Crippen LogP contribution in [0.4, 0.5) is 0 Å². The molecule has 0 fully saturated rings. The summed E-state index contributed by atoms with van der Waals surface area (Å²) in [6.07, 6.45) is 2.35. The molecule has 2 rings (SSSR count). The average Bonchev–Trinajstić information content (AvgIpc) is 2.69. The van der Waals surface area contributed by atoms with E-state index in [2.05, 4.69) is 5.32 Å². The fourth-order valence-electron chi connectivity index (χ4n) is 1.76. The maximum absolute atomic E-state index is 11.2. The number of hydrogen-bond acceptors (Lipinski definition) is 1. The van der Waals surface area contributed by atoms with Crippen LogP contribution in [-0.4, -0.2) is 17.5 Å². The van der Waals surface area contributed by atoms with E-state index in [1.807, 2.05) is 22.9 Å². The third-order valence-electron chi connectivity index (χ3n) is 2.66. The zero-order valence-corrected chi connectivity index (χ0v) is 10.8. The van der Waals surface area contributed by atoms with Crippen LogP contribution in [0.2, 0.25) is 10.0 Å². The van der Waals surface area contributed by atoms with Crippen LogP contribution >= 0.6 is 23.2 Å². The van der Waals surface area contributed by atoms with E-state index in [0.29, 0.717) is 23.0 Å². The van der Waals surface area contributed by atoms with Gasteiger partial charge in [-0.25, -0.2) is 0 Å². The van der Waals surface area contributed by atoms with Crippen LogP contribution in [0.25, 0.3) is 10.9 Å². The van der Waals surface area contributed by atoms with E-state index in [1.165, 1.54) is 0 Å². The van der Waals surface area contributed by atoms with Gasteiger partial charge >= 0.3 is 0 Å². The second-order valence-electron chi connectivity index (χ2n) is 3.75. The highest BCUT2D eigenvalue weighted by molar-refractivity contribution is 6.38. The number of nitrogens with zero attached hydrogens (tertiary/aromatic N) is 1. The maximum atomic E-state index is 11.2. The highest BCUT2D eigenvalue weighted by Gasteiger charge is 2.07. The number of aryl methyl sites for hydroxylation is 1. The lowest BCUT2D eigenvalue weighted by Gasteiger charge is -2.05. The second kappa shape index (κ2) is 4.98. The maximum Gasteiger partial charge on any atom is 0.221 e. The van der Waals surface area contributed by atoms with E-state index in [9.17, 15) is 4.79 Å². The molecule has 1 heterocycles. The first-order valence-electron chi connectivity index (χ1n) is 5.26. The van der Waals surface area contributed by atoms with E-state index in [0.717, 1.165) is 10.9 Å². The van der Waals surface area contributed by atoms with E-state index in [1.54, 1.807) is 13.1 Å². The first-order chi connectivity index (χ1) is 8.11. The summed E-state index contributed by atoms with van der Waals surface area (Å²) < 4.78 is 1.97. The van der Waals surface area contributed by atoms with Crippen molar-refractivity contribution in [1.82, 2.24) is 9.88 Å². The van der Waals surface area contributed by atoms with Gasteiger partial charge in [0, 0.05) is 36.6 Å². The van der Waals surface area contributed by atoms with Crippen LogP contribution in [0.15, 0.2) is 24.4 Å². The Morgan fingerprint density at radius 1 is 1.41 bits per heavy atom. The molecule has 1 aromatic carbocycles. The number of rotatable bonds is 3. The van der Waals surface area contributed by atoms with Crippen LogP contribution in [0, 0.1) is 0 Å². The summed E-state index contributed by atoms with van der Waals surface area (Å²) in [6, 6.07) is 5.50. The van der Waals surface area contributed by atoms with Gasteiger partial charge in [0.2, 0.25) is 5.91 Å². The minimum atomic E-state index is 0.0139. The highest BCUT2D eigenvalue weighted by Crippen LogP contribution is 2.28. The van der Waals surface area contributed by atoms with Gasteiger partial charge in [-0.2, -0.15) is 0 Å². The van der Waals surface area contributed by atoms with Crippen molar-refractivity contribution in [2.24, 2.45) is 0 Å². The molecule has 3 nitrogen and oxygen atoms in total. The average molecular weight is 271 g/mol. The van der Waals surface area contributed by atoms with Gasteiger partial charge in [0.1, 0.15) is 0 Å². The van der Waals surface area contributed by atoms with Crippen molar-refractivity contribution in [3.63, 3.8) is 0 Å². The van der Waals surface area contributed by atoms with Crippen molar-refractivity contribution in [3.8, 4) is 0 Å². The first-order valence-corrected chi connectivity index (χ1v) is 6.02. The van der Waals surface area contributed by atoms with Crippen molar-refractivity contribution in [2.45, 2.75) is 13.0 Å². The smallest absolute Gasteiger partial charge is 0.221 e. The van der Waals surface area contributed by atoms with Crippen LogP contribution in [-0.2, 0) is 11.3 Å². The molecule has 0 aliphatic carbocycles. The topological polar surface area (TPSA) is 34.0 Å². The Labute approximate surface area is 109 Å². The summed E-state index contributed by atoms with van der Waals surface area (Å²) in [4.78, 5) is 11.2. The SMILES string of the molecule is CNC(=O)CCn1ccc2c(Cl)cc(Cl)cc21. The molecule has 17 heavy (non-hydrogen) atoms. The summed E-state index contributed by atoms with van der Waals surface area (Å²) in [5, 5.41) is 4.78. The molecule has 0 radical (unpaired) electrons. The predicted octanol–water partition coefficient (Wildman–Crippen LogP) is 3.08. The van der Waals surface area contributed by atoms with Crippen LogP contribution in [0.1, 0.15) is 6.42 Å². The van der Waals surface area contributed by atoms with E-state index < -0.39 is 0 Å². The van der Waals surface area contributed by atoms with Crippen molar-refractivity contribution in [3.05, 3.63) is 34.4 Å². The molecular formula is C12H12Cl2N2O. The fourth-order valence-corrected chi connectivity index (χ4v) is 2.31. The van der Waals surface area contributed by atoms with Crippen molar-refractivity contribution in [1.29, 1.82) is 0 Å². The number of aromatic nitrogens is 1. The van der Waals surface area contributed by atoms with E-state index in [-0.39, 0.29) is 5.91 Å². The molecule has 90 valence electrons. The Bertz CT molecular complexity index is 563. The Hall–Kier alpha value is -1.19. The summed E-state index contributed by atoms with van der Waals surface area (Å²) >= 11 is 12.1. The molecule has 0 unspecified atom stereocenters. The molecule has 0 spiro atoms. The zero-order valence-electron chi connectivity index (χ0n) is 9.34. The number of carbonyl (C=O) groups excluding carboxylic acids is 1. The van der Waals surface area contributed by atoms with Gasteiger partial charge in [-0.15, -0.1) is 0 Å². The Morgan fingerprint density at radius 2 is 2.18 bits per heavy atom. The zero-order chi connectivity index (χ0) is 12.4. The summed E-state index contributed by atoms with van der Waals surface area (Å²) in [7, 11) is 1.63. The molecular weight excluding hydrogens is 259 g/mol. The predicted molar refractivity (Wildman–Crippen MR) is 70.6 cm³/mol. The number of benzene rings is 1. The molecule has 0 aliphatic rings. The molecule has 1 amide bonds. The Balaban J connectivity index is 2.32. The third-order valence-corrected chi connectivity index (χ3v) is 3.19. The Kier molecular flexibility index (Phi) is 3.60. The Morgan fingerprint density at radius 3 is 2.88 bits per heavy atom. The lowest BCUT2D eigenvalue weighted by atomic mass is 10.2. The van der Waals surface area contributed by atoms with Gasteiger partial charge in [-0.05, 0) is 18.2 Å². The van der Waals surface area contributed by atoms with Gasteiger partial charge in [0.05, 0.1) is 10.5 Å². The van der Waals surface area contributed by atoms with Crippen molar-refractivity contribution < 1.29 is 4.79 Å². The van der Waals surface area contributed by atoms with Crippen LogP contribution in [0.3, 0.4) is 0 Å². The molecule has 2 aromatic rings. The number of fused-ring (bicyclic) bond motifs is 1. The number of hydrogen-bond donors (Lipinski definition) is 1. The van der Waals surface area contributed by atoms with Crippen molar-refractivity contribution >= 4 is 40.0 Å². The lowest BCUT2D eigenvalue weighted by Crippen LogP contribution is -2.19. The molecule has 0 aliphatic heterocycles. The standard InChI is InChI=1S/C12H12Cl2N2O/c1-15-12(17)3-5-16-4-2-9-10(14)6-8(13)7-11(9)16/h2,4,6-7H,3,5H2,1H3,(H,15,17). The molecule has 5 heteroatoms. The van der Waals surface area contributed by atoms with Crippen LogP contribution < -0.4 is 5.32 Å². The molecule has 0 saturated heterocycles. The minimum absolute atomic E-state index is 0.0139. The highest BCUT2D eigenvalue weighted by atomic mass is 35.5. The lowest BCUT2D eigenvalue weighted by molar-refractivity contribution is -0.120. The largest absolute Gasteiger partial charge is 0.359 e. The van der Waals surface area contributed by atoms with Crippen molar-refractivity contribution in [2.75, 3.05) is 7.05 Å². The molecule has 0 saturated carbocycles. The monoisotopic (exact) mass is 270 g/mol. The number of halogens is 2. The molecule has 0 bridgehead atoms. The van der Waals surface area contributed by atoms with E-state index in [4.69, 9.17) is 23.2 Å². The van der Waals surface area contributed by atoms with E-state index >= 15 is 0 Å². The van der Waals surface area contributed by atoms with Gasteiger partial charge in [-0.1, -0.05) is 23.2 Å². The fraction of sp³-hybridized carbons (Fsp3) is 0.250. The van der Waals surface area contributed by atoms with Gasteiger partial charge in [0.15, 0.2) is 0 Å². The second-order valence-corrected chi connectivity index (χ2v) is 4.60. The summed E-state index contributed by atoms with van der Waals surface area (Å²) in [5.74, 6) is 0.0139. The molecule has 1 aromatic heterocycles. The van der Waals surface area contributed by atoms with Gasteiger partial charge in [-0.3, -0.25) is 4.79 Å². The number of nitrogens with one attached hydrogen (secondary N) is 1. The number of carbonyl (C=O) groups is 1. The summed E-state index contributed by atoms with van der Waals surface area (Å²) in [5.41, 5.74) is 0.950. The number of amides is 1.